The van der Waals surface area contributed by atoms with Gasteiger partial charge >= 0.3 is 0 Å². The minimum atomic E-state index is -4.05. The first-order valence-electron chi connectivity index (χ1n) is 8.95. The zero-order valence-corrected chi connectivity index (χ0v) is 18.7. The minimum absolute atomic E-state index is 0.0574. The molecule has 1 saturated heterocycles. The van der Waals surface area contributed by atoms with Crippen LogP contribution in [0.15, 0.2) is 33.5 Å². The van der Waals surface area contributed by atoms with Crippen molar-refractivity contribution in [3.8, 4) is 0 Å². The number of sulfonamides is 2. The lowest BCUT2D eigenvalue weighted by atomic mass is 10.2. The van der Waals surface area contributed by atoms with Crippen molar-refractivity contribution in [2.45, 2.75) is 23.1 Å². The first-order chi connectivity index (χ1) is 14.1. The van der Waals surface area contributed by atoms with Gasteiger partial charge in [-0.05, 0) is 24.3 Å². The lowest BCUT2D eigenvalue weighted by Gasteiger charge is -2.26. The van der Waals surface area contributed by atoms with Crippen LogP contribution in [0, 0.1) is 5.92 Å². The van der Waals surface area contributed by atoms with Gasteiger partial charge in [0.1, 0.15) is 0 Å². The Balaban J connectivity index is 1.71. The van der Waals surface area contributed by atoms with E-state index >= 15 is 0 Å². The highest BCUT2D eigenvalue weighted by Crippen LogP contribution is 2.24. The van der Waals surface area contributed by atoms with Crippen molar-refractivity contribution >= 4 is 48.1 Å². The van der Waals surface area contributed by atoms with Crippen molar-refractivity contribution in [3.05, 3.63) is 24.3 Å². The summed E-state index contributed by atoms with van der Waals surface area (Å²) in [5.74, 6) is -0.598. The quantitative estimate of drug-likeness (QED) is 0.563. The minimum Gasteiger partial charge on any atom is -0.379 e. The standard InChI is InChI=1S/C16H21N5O6S3/c1-11(2)14(22)17-15-18-19-16(28-15)29(23,24)20-12-3-5-13(6-4-12)30(25,26)21-7-9-27-10-8-21/h3-6,11,20H,7-10H2,1-2H3,(H,17,18,22). The molecule has 11 nitrogen and oxygen atoms in total. The fraction of sp³-hybridized carbons (Fsp3) is 0.438. The zero-order valence-electron chi connectivity index (χ0n) is 16.2. The molecule has 0 radical (unpaired) electrons. The van der Waals surface area contributed by atoms with Crippen LogP contribution in [0.4, 0.5) is 10.8 Å². The van der Waals surface area contributed by atoms with Gasteiger partial charge in [0.25, 0.3) is 14.4 Å². The number of benzene rings is 1. The molecule has 0 atom stereocenters. The number of aromatic nitrogens is 2. The van der Waals surface area contributed by atoms with E-state index in [-0.39, 0.29) is 45.0 Å². The third kappa shape index (κ3) is 5.13. The molecule has 0 unspecified atom stereocenters. The monoisotopic (exact) mass is 475 g/mol. The Morgan fingerprint density at radius 1 is 1.10 bits per heavy atom. The van der Waals surface area contributed by atoms with Gasteiger partial charge in [-0.25, -0.2) is 8.42 Å². The average Bonchev–Trinajstić information content (AvgIpc) is 3.18. The molecule has 1 fully saturated rings. The number of anilines is 2. The van der Waals surface area contributed by atoms with Gasteiger partial charge in [-0.2, -0.15) is 12.7 Å². The molecule has 0 spiro atoms. The van der Waals surface area contributed by atoms with Gasteiger partial charge in [0.15, 0.2) is 0 Å². The molecule has 3 rings (SSSR count). The van der Waals surface area contributed by atoms with E-state index in [1.165, 1.54) is 28.6 Å². The van der Waals surface area contributed by atoms with E-state index in [1.807, 2.05) is 0 Å². The van der Waals surface area contributed by atoms with Gasteiger partial charge in [0.2, 0.25) is 21.1 Å². The van der Waals surface area contributed by atoms with Crippen molar-refractivity contribution in [3.63, 3.8) is 0 Å². The van der Waals surface area contributed by atoms with Crippen LogP contribution < -0.4 is 10.0 Å². The second-order valence-corrected chi connectivity index (χ2v) is 11.4. The van der Waals surface area contributed by atoms with Crippen LogP contribution in [0.25, 0.3) is 0 Å². The summed E-state index contributed by atoms with van der Waals surface area (Å²) < 4.78 is 58.7. The van der Waals surface area contributed by atoms with Crippen LogP contribution >= 0.6 is 11.3 Å². The maximum Gasteiger partial charge on any atom is 0.291 e. The number of hydrogen-bond donors (Lipinski definition) is 2. The van der Waals surface area contributed by atoms with E-state index in [9.17, 15) is 21.6 Å². The summed E-state index contributed by atoms with van der Waals surface area (Å²) in [6.07, 6.45) is 0. The molecule has 2 N–H and O–H groups in total. The number of carbonyl (C=O) groups is 1. The van der Waals surface area contributed by atoms with E-state index in [2.05, 4.69) is 20.2 Å². The molecule has 0 saturated carbocycles. The molecule has 2 heterocycles. The van der Waals surface area contributed by atoms with Crippen molar-refractivity contribution in [2.75, 3.05) is 36.3 Å². The summed E-state index contributed by atoms with van der Waals surface area (Å²) in [6, 6.07) is 5.37. The Morgan fingerprint density at radius 2 is 1.73 bits per heavy atom. The molecule has 14 heteroatoms. The molecular weight excluding hydrogens is 454 g/mol. The third-order valence-electron chi connectivity index (χ3n) is 4.11. The Labute approximate surface area is 178 Å². The highest BCUT2D eigenvalue weighted by atomic mass is 32.2. The number of rotatable bonds is 7. The highest BCUT2D eigenvalue weighted by molar-refractivity contribution is 7.94. The predicted octanol–water partition coefficient (Wildman–Crippen LogP) is 0.954. The lowest BCUT2D eigenvalue weighted by Crippen LogP contribution is -2.40. The molecule has 0 aliphatic carbocycles. The molecule has 164 valence electrons. The second-order valence-electron chi connectivity index (χ2n) is 6.66. The molecule has 0 bridgehead atoms. The fourth-order valence-electron chi connectivity index (χ4n) is 2.45. The van der Waals surface area contributed by atoms with Crippen LogP contribution in [0.1, 0.15) is 13.8 Å². The number of morpholine rings is 1. The molecule has 1 aromatic carbocycles. The molecular formula is C16H21N5O6S3. The van der Waals surface area contributed by atoms with Gasteiger partial charge in [-0.1, -0.05) is 25.2 Å². The highest BCUT2D eigenvalue weighted by Gasteiger charge is 2.27. The van der Waals surface area contributed by atoms with Crippen LogP contribution in [0.3, 0.4) is 0 Å². The summed E-state index contributed by atoms with van der Waals surface area (Å²) in [4.78, 5) is 11.8. The van der Waals surface area contributed by atoms with Crippen LogP contribution in [-0.2, 0) is 29.6 Å². The summed E-state index contributed by atoms with van der Waals surface area (Å²) in [5, 5.41) is 9.83. The van der Waals surface area contributed by atoms with Crippen molar-refractivity contribution in [2.24, 2.45) is 5.92 Å². The maximum absolute atomic E-state index is 12.6. The Bertz CT molecular complexity index is 1110. The average molecular weight is 476 g/mol. The zero-order chi connectivity index (χ0) is 21.9. The van der Waals surface area contributed by atoms with Crippen LogP contribution in [0.5, 0.6) is 0 Å². The smallest absolute Gasteiger partial charge is 0.291 e. The van der Waals surface area contributed by atoms with Crippen molar-refractivity contribution < 1.29 is 26.4 Å². The van der Waals surface area contributed by atoms with Crippen molar-refractivity contribution in [1.82, 2.24) is 14.5 Å². The van der Waals surface area contributed by atoms with E-state index < -0.39 is 20.0 Å². The number of carbonyl (C=O) groups excluding carboxylic acids is 1. The normalized spacial score (nSPS) is 15.8. The number of nitrogens with zero attached hydrogens (tertiary/aromatic N) is 3. The Morgan fingerprint density at radius 3 is 2.33 bits per heavy atom. The topological polar surface area (TPSA) is 148 Å². The molecule has 1 amide bonds. The molecule has 1 aliphatic heterocycles. The third-order valence-corrected chi connectivity index (χ3v) is 8.61. The summed E-state index contributed by atoms with van der Waals surface area (Å²) in [6.45, 7) is 4.58. The van der Waals surface area contributed by atoms with E-state index in [4.69, 9.17) is 4.74 Å². The Hall–Kier alpha value is -2.13. The molecule has 1 aromatic heterocycles. The van der Waals surface area contributed by atoms with Gasteiger partial charge in [0, 0.05) is 24.7 Å². The van der Waals surface area contributed by atoms with Gasteiger partial charge < -0.3 is 10.1 Å². The van der Waals surface area contributed by atoms with Gasteiger partial charge in [0.05, 0.1) is 18.1 Å². The number of amides is 1. The molecule has 2 aromatic rings. The van der Waals surface area contributed by atoms with E-state index in [0.29, 0.717) is 24.6 Å². The number of nitrogens with one attached hydrogen (secondary N) is 2. The second kappa shape index (κ2) is 8.93. The Kier molecular flexibility index (Phi) is 6.71. The summed E-state index contributed by atoms with van der Waals surface area (Å²) in [5.41, 5.74) is 0.166. The fourth-order valence-corrected chi connectivity index (χ4v) is 5.82. The maximum atomic E-state index is 12.6. The summed E-state index contributed by atoms with van der Waals surface area (Å²) >= 11 is 0.712. The molecule has 30 heavy (non-hydrogen) atoms. The number of hydrogen-bond acceptors (Lipinski definition) is 9. The van der Waals surface area contributed by atoms with Gasteiger partial charge in [-0.15, -0.1) is 10.2 Å². The predicted molar refractivity (Wildman–Crippen MR) is 110 cm³/mol. The lowest BCUT2D eigenvalue weighted by molar-refractivity contribution is -0.118. The van der Waals surface area contributed by atoms with E-state index in [0.717, 1.165) is 0 Å². The largest absolute Gasteiger partial charge is 0.379 e. The van der Waals surface area contributed by atoms with Crippen LogP contribution in [0.2, 0.25) is 0 Å². The first-order valence-corrected chi connectivity index (χ1v) is 12.7. The SMILES string of the molecule is CC(C)C(=O)Nc1nnc(S(=O)(=O)Nc2ccc(S(=O)(=O)N3CCOCC3)cc2)s1. The molecule has 1 aliphatic rings. The van der Waals surface area contributed by atoms with Crippen molar-refractivity contribution in [1.29, 1.82) is 0 Å². The first kappa shape index (κ1) is 22.6. The van der Waals surface area contributed by atoms with Gasteiger partial charge in [-0.3, -0.25) is 9.52 Å². The number of ether oxygens (including phenoxy) is 1. The summed E-state index contributed by atoms with van der Waals surface area (Å²) in [7, 11) is -7.72. The van der Waals surface area contributed by atoms with E-state index in [1.54, 1.807) is 13.8 Å². The van der Waals surface area contributed by atoms with Crippen LogP contribution in [-0.4, -0.2) is 63.5 Å².